The van der Waals surface area contributed by atoms with Crippen LogP contribution in [0.5, 0.6) is 5.75 Å². The van der Waals surface area contributed by atoms with Crippen LogP contribution in [0.1, 0.15) is 42.6 Å². The van der Waals surface area contributed by atoms with Crippen molar-refractivity contribution in [3.8, 4) is 28.1 Å². The molecule has 1 saturated carbocycles. The average molecular weight is 637 g/mol. The standard InChI is InChI=1S/C31H35Cl2N3O5.ClH/c1-36(2)17-6-18-41-27-19-20(9-11-25(27)33)28-23(22-7-4-5-8-24(22)32)10-12-26(34-28)29(37)35-31(30(38)39)15-13-21(40-3)14-16-31;/h4-5,7-12,19,21H,6,13-18H2,1-3H3,(H,35,37)(H,38,39);1H/t21-,31+;. The summed E-state index contributed by atoms with van der Waals surface area (Å²) in [6.45, 7) is 1.35. The fraction of sp³-hybridized carbons (Fsp3) is 0.387. The Morgan fingerprint density at radius 1 is 1.05 bits per heavy atom. The van der Waals surface area contributed by atoms with Crippen LogP contribution >= 0.6 is 35.6 Å². The first-order chi connectivity index (χ1) is 19.6. The molecule has 0 saturated heterocycles. The molecule has 0 unspecified atom stereocenters. The number of benzene rings is 2. The number of carbonyl (C=O) groups excluding carboxylic acids is 1. The number of amides is 1. The summed E-state index contributed by atoms with van der Waals surface area (Å²) in [4.78, 5) is 32.6. The molecule has 2 aromatic carbocycles. The molecule has 1 aromatic heterocycles. The minimum absolute atomic E-state index is 0. The van der Waals surface area contributed by atoms with Crippen LogP contribution in [0.3, 0.4) is 0 Å². The van der Waals surface area contributed by atoms with E-state index in [0.717, 1.165) is 18.5 Å². The van der Waals surface area contributed by atoms with Crippen LogP contribution in [0, 0.1) is 0 Å². The zero-order valence-corrected chi connectivity index (χ0v) is 26.2. The molecule has 0 spiro atoms. The number of aliphatic carboxylic acids is 1. The molecule has 0 aliphatic heterocycles. The highest BCUT2D eigenvalue weighted by atomic mass is 35.5. The van der Waals surface area contributed by atoms with Crippen LogP contribution in [0.2, 0.25) is 10.0 Å². The van der Waals surface area contributed by atoms with E-state index in [1.54, 1.807) is 37.4 Å². The van der Waals surface area contributed by atoms with Crippen molar-refractivity contribution in [2.45, 2.75) is 43.7 Å². The van der Waals surface area contributed by atoms with Gasteiger partial charge in [-0.3, -0.25) is 4.79 Å². The molecular formula is C31H36Cl3N3O5. The molecule has 3 aromatic rings. The van der Waals surface area contributed by atoms with Crippen LogP contribution in [-0.4, -0.2) is 72.9 Å². The summed E-state index contributed by atoms with van der Waals surface area (Å²) in [7, 11) is 5.61. The monoisotopic (exact) mass is 635 g/mol. The third-order valence-corrected chi connectivity index (χ3v) is 8.03. The fourth-order valence-corrected chi connectivity index (χ4v) is 5.43. The van der Waals surface area contributed by atoms with Crippen molar-refractivity contribution in [1.82, 2.24) is 15.2 Å². The predicted octanol–water partition coefficient (Wildman–Crippen LogP) is 6.62. The van der Waals surface area contributed by atoms with Crippen molar-refractivity contribution in [3.63, 3.8) is 0 Å². The summed E-state index contributed by atoms with van der Waals surface area (Å²) >= 11 is 13.0. The van der Waals surface area contributed by atoms with E-state index in [2.05, 4.69) is 10.2 Å². The van der Waals surface area contributed by atoms with Crippen molar-refractivity contribution in [1.29, 1.82) is 0 Å². The zero-order valence-electron chi connectivity index (χ0n) is 23.9. The largest absolute Gasteiger partial charge is 0.492 e. The summed E-state index contributed by atoms with van der Waals surface area (Å²) in [6.07, 6.45) is 2.40. The van der Waals surface area contributed by atoms with Gasteiger partial charge in [0.05, 0.1) is 23.4 Å². The molecule has 1 heterocycles. The van der Waals surface area contributed by atoms with Gasteiger partial charge in [-0.2, -0.15) is 0 Å². The second-order valence-electron chi connectivity index (χ2n) is 10.5. The maximum Gasteiger partial charge on any atom is 0.329 e. The number of rotatable bonds is 11. The molecule has 8 nitrogen and oxygen atoms in total. The number of pyridine rings is 1. The van der Waals surface area contributed by atoms with Gasteiger partial charge in [-0.25, -0.2) is 9.78 Å². The van der Waals surface area contributed by atoms with Crippen LogP contribution in [0.4, 0.5) is 0 Å². The Morgan fingerprint density at radius 3 is 2.40 bits per heavy atom. The molecule has 1 aliphatic carbocycles. The molecule has 0 atom stereocenters. The average Bonchev–Trinajstić information content (AvgIpc) is 2.96. The number of nitrogens with one attached hydrogen (secondary N) is 1. The topological polar surface area (TPSA) is 101 Å². The molecule has 11 heteroatoms. The van der Waals surface area contributed by atoms with E-state index in [1.165, 1.54) is 0 Å². The van der Waals surface area contributed by atoms with Gasteiger partial charge >= 0.3 is 5.97 Å². The van der Waals surface area contributed by atoms with Gasteiger partial charge in [0.2, 0.25) is 0 Å². The zero-order chi connectivity index (χ0) is 29.6. The van der Waals surface area contributed by atoms with Gasteiger partial charge in [-0.1, -0.05) is 47.5 Å². The Labute approximate surface area is 262 Å². The number of carboxylic acids is 1. The number of aromatic nitrogens is 1. The maximum absolute atomic E-state index is 13.5. The van der Waals surface area contributed by atoms with Crippen molar-refractivity contribution in [2.24, 2.45) is 0 Å². The number of nitrogens with zero attached hydrogens (tertiary/aromatic N) is 2. The first-order valence-corrected chi connectivity index (χ1v) is 14.3. The number of hydrogen-bond acceptors (Lipinski definition) is 6. The molecule has 0 bridgehead atoms. The number of carboxylic acid groups (broad SMARTS) is 1. The second kappa shape index (κ2) is 15.0. The van der Waals surface area contributed by atoms with Crippen molar-refractivity contribution >= 4 is 47.5 Å². The molecular weight excluding hydrogens is 601 g/mol. The van der Waals surface area contributed by atoms with Crippen LogP contribution < -0.4 is 10.1 Å². The van der Waals surface area contributed by atoms with Gasteiger partial charge in [0.1, 0.15) is 17.0 Å². The molecule has 0 radical (unpaired) electrons. The highest BCUT2D eigenvalue weighted by Gasteiger charge is 2.43. The molecule has 1 aliphatic rings. The summed E-state index contributed by atoms with van der Waals surface area (Å²) in [5.41, 5.74) is 1.33. The van der Waals surface area contributed by atoms with Crippen LogP contribution in [0.15, 0.2) is 54.6 Å². The molecule has 1 fully saturated rings. The molecule has 226 valence electrons. The van der Waals surface area contributed by atoms with Crippen LogP contribution in [0.25, 0.3) is 22.4 Å². The SMILES string of the molecule is CO[C@H]1CC[C@](NC(=O)c2ccc(-c3ccccc3Cl)c(-c3ccc(Cl)c(OCCCN(C)C)c3)n2)(C(=O)O)CC1.Cl. The van der Waals surface area contributed by atoms with E-state index < -0.39 is 17.4 Å². The number of carbonyl (C=O) groups is 2. The molecule has 1 amide bonds. The lowest BCUT2D eigenvalue weighted by molar-refractivity contribution is -0.147. The molecule has 4 rings (SSSR count). The minimum Gasteiger partial charge on any atom is -0.492 e. The summed E-state index contributed by atoms with van der Waals surface area (Å²) < 4.78 is 11.4. The summed E-state index contributed by atoms with van der Waals surface area (Å²) in [5, 5.41) is 13.8. The fourth-order valence-electron chi connectivity index (χ4n) is 5.02. The number of hydrogen-bond donors (Lipinski definition) is 2. The van der Waals surface area contributed by atoms with Gasteiger partial charge in [0.15, 0.2) is 0 Å². The maximum atomic E-state index is 13.5. The quantitative estimate of drug-likeness (QED) is 0.228. The Kier molecular flexibility index (Phi) is 12.0. The third-order valence-electron chi connectivity index (χ3n) is 7.39. The highest BCUT2D eigenvalue weighted by molar-refractivity contribution is 6.33. The lowest BCUT2D eigenvalue weighted by Crippen LogP contribution is -2.57. The lowest BCUT2D eigenvalue weighted by Gasteiger charge is -2.36. The van der Waals surface area contributed by atoms with E-state index in [4.69, 9.17) is 37.7 Å². The van der Waals surface area contributed by atoms with Gasteiger partial charge in [0.25, 0.3) is 5.91 Å². The van der Waals surface area contributed by atoms with Gasteiger partial charge in [-0.05, 0) is 76.5 Å². The Hall–Kier alpha value is -2.88. The second-order valence-corrected chi connectivity index (χ2v) is 11.3. The van der Waals surface area contributed by atoms with E-state index in [-0.39, 0.29) is 37.0 Å². The van der Waals surface area contributed by atoms with Crippen molar-refractivity contribution in [3.05, 3.63) is 70.3 Å². The predicted molar refractivity (Wildman–Crippen MR) is 168 cm³/mol. The minimum atomic E-state index is -1.39. The van der Waals surface area contributed by atoms with Crippen LogP contribution in [-0.2, 0) is 9.53 Å². The summed E-state index contributed by atoms with van der Waals surface area (Å²) in [6, 6.07) is 16.1. The number of ether oxygens (including phenoxy) is 2. The first kappa shape index (κ1) is 33.6. The van der Waals surface area contributed by atoms with E-state index in [9.17, 15) is 14.7 Å². The first-order valence-electron chi connectivity index (χ1n) is 13.6. The highest BCUT2D eigenvalue weighted by Crippen LogP contribution is 2.38. The molecule has 42 heavy (non-hydrogen) atoms. The Bertz CT molecular complexity index is 1390. The lowest BCUT2D eigenvalue weighted by atomic mass is 9.80. The number of halogens is 3. The van der Waals surface area contributed by atoms with E-state index >= 15 is 0 Å². The van der Waals surface area contributed by atoms with E-state index in [1.807, 2.05) is 38.4 Å². The van der Waals surface area contributed by atoms with Gasteiger partial charge in [-0.15, -0.1) is 12.4 Å². The third kappa shape index (κ3) is 7.94. The Morgan fingerprint density at radius 2 is 1.76 bits per heavy atom. The van der Waals surface area contributed by atoms with Gasteiger partial charge < -0.3 is 24.8 Å². The molecule has 2 N–H and O–H groups in total. The van der Waals surface area contributed by atoms with Crippen molar-refractivity contribution in [2.75, 3.05) is 34.4 Å². The van der Waals surface area contributed by atoms with E-state index in [0.29, 0.717) is 52.1 Å². The Balaban J connectivity index is 0.00000484. The smallest absolute Gasteiger partial charge is 0.329 e. The normalized spacial score (nSPS) is 18.3. The van der Waals surface area contributed by atoms with Crippen molar-refractivity contribution < 1.29 is 24.2 Å². The number of methoxy groups -OCH3 is 1. The summed E-state index contributed by atoms with van der Waals surface area (Å²) in [5.74, 6) is -1.13. The van der Waals surface area contributed by atoms with Gasteiger partial charge in [0, 0.05) is 35.4 Å².